The quantitative estimate of drug-likeness (QED) is 0.720. The molecule has 4 heteroatoms. The van der Waals surface area contributed by atoms with Gasteiger partial charge in [-0.1, -0.05) is 11.6 Å². The van der Waals surface area contributed by atoms with E-state index in [9.17, 15) is 0 Å². The first-order chi connectivity index (χ1) is 6.22. The van der Waals surface area contributed by atoms with Gasteiger partial charge in [0.1, 0.15) is 0 Å². The summed E-state index contributed by atoms with van der Waals surface area (Å²) < 4.78 is 0.831. The van der Waals surface area contributed by atoms with Gasteiger partial charge in [0.2, 0.25) is 0 Å². The van der Waals surface area contributed by atoms with Gasteiger partial charge in [-0.3, -0.25) is 4.90 Å². The summed E-state index contributed by atoms with van der Waals surface area (Å²) in [6.07, 6.45) is 0.968. The number of hydrogen-bond acceptors (Lipinski definition) is 3. The second-order valence-electron chi connectivity index (χ2n) is 2.85. The highest BCUT2D eigenvalue weighted by Crippen LogP contribution is 2.21. The van der Waals surface area contributed by atoms with Crippen molar-refractivity contribution in [2.45, 2.75) is 6.42 Å². The smallest absolute Gasteiger partial charge is 0.0931 e. The third-order valence-corrected chi connectivity index (χ3v) is 3.00. The van der Waals surface area contributed by atoms with Gasteiger partial charge in [-0.05, 0) is 25.6 Å². The van der Waals surface area contributed by atoms with Gasteiger partial charge < -0.3 is 0 Å². The molecule has 0 saturated heterocycles. The lowest BCUT2D eigenvalue weighted by molar-refractivity contribution is 0.380. The van der Waals surface area contributed by atoms with E-state index in [1.807, 2.05) is 24.1 Å². The van der Waals surface area contributed by atoms with Crippen molar-refractivity contribution in [2.24, 2.45) is 0 Å². The number of likely N-dealkylation sites (N-methyl/N-ethyl adjacent to an activating group) is 1. The van der Waals surface area contributed by atoms with Crippen molar-refractivity contribution >= 4 is 22.9 Å². The van der Waals surface area contributed by atoms with Gasteiger partial charge in [0.05, 0.1) is 17.0 Å². The normalized spacial score (nSPS) is 10.3. The third-order valence-electron chi connectivity index (χ3n) is 1.71. The second kappa shape index (κ2) is 5.23. The lowest BCUT2D eigenvalue weighted by Crippen LogP contribution is -2.20. The van der Waals surface area contributed by atoms with E-state index in [2.05, 4.69) is 6.07 Å². The van der Waals surface area contributed by atoms with E-state index in [4.69, 9.17) is 16.9 Å². The molecule has 13 heavy (non-hydrogen) atoms. The Hall–Kier alpha value is -0.560. The van der Waals surface area contributed by atoms with Gasteiger partial charge >= 0.3 is 0 Å². The first-order valence-electron chi connectivity index (χ1n) is 4.02. The van der Waals surface area contributed by atoms with Gasteiger partial charge in [-0.15, -0.1) is 11.3 Å². The number of hydrogen-bond donors (Lipinski definition) is 0. The standard InChI is InChI=1S/C9H11ClN2S/c1-12(7-5-11)6-4-8-2-3-9(10)13-8/h2-3H,4,6-7H2,1H3. The molecule has 0 spiro atoms. The second-order valence-corrected chi connectivity index (χ2v) is 4.65. The van der Waals surface area contributed by atoms with E-state index >= 15 is 0 Å². The van der Waals surface area contributed by atoms with Crippen LogP contribution >= 0.6 is 22.9 Å². The summed E-state index contributed by atoms with van der Waals surface area (Å²) in [5, 5.41) is 8.43. The lowest BCUT2D eigenvalue weighted by Gasteiger charge is -2.10. The Labute approximate surface area is 87.4 Å². The number of nitriles is 1. The Bertz CT molecular complexity index is 303. The molecule has 0 radical (unpaired) electrons. The zero-order valence-electron chi connectivity index (χ0n) is 7.46. The molecule has 70 valence electrons. The lowest BCUT2D eigenvalue weighted by atomic mass is 10.3. The number of halogens is 1. The van der Waals surface area contributed by atoms with Crippen molar-refractivity contribution in [3.8, 4) is 6.07 Å². The molecule has 0 aliphatic heterocycles. The fourth-order valence-electron chi connectivity index (χ4n) is 0.987. The van der Waals surface area contributed by atoms with Crippen molar-refractivity contribution in [1.82, 2.24) is 4.90 Å². The summed E-state index contributed by atoms with van der Waals surface area (Å²) >= 11 is 7.39. The fraction of sp³-hybridized carbons (Fsp3) is 0.444. The maximum atomic E-state index is 8.43. The Kier molecular flexibility index (Phi) is 4.23. The predicted octanol–water partition coefficient (Wildman–Crippen LogP) is 2.40. The first-order valence-corrected chi connectivity index (χ1v) is 5.21. The molecule has 0 fully saturated rings. The van der Waals surface area contributed by atoms with Crippen molar-refractivity contribution in [3.05, 3.63) is 21.3 Å². The van der Waals surface area contributed by atoms with Crippen LogP contribution in [-0.4, -0.2) is 25.0 Å². The van der Waals surface area contributed by atoms with Crippen molar-refractivity contribution < 1.29 is 0 Å². The zero-order chi connectivity index (χ0) is 9.68. The van der Waals surface area contributed by atoms with E-state index < -0.39 is 0 Å². The maximum Gasteiger partial charge on any atom is 0.0931 e. The number of thiophene rings is 1. The number of nitrogens with zero attached hydrogens (tertiary/aromatic N) is 2. The van der Waals surface area contributed by atoms with Gasteiger partial charge in [0.15, 0.2) is 0 Å². The van der Waals surface area contributed by atoms with Gasteiger partial charge in [0.25, 0.3) is 0 Å². The average Bonchev–Trinajstić information content (AvgIpc) is 2.49. The van der Waals surface area contributed by atoms with Crippen molar-refractivity contribution in [2.75, 3.05) is 20.1 Å². The Morgan fingerprint density at radius 2 is 2.38 bits per heavy atom. The molecule has 2 nitrogen and oxygen atoms in total. The van der Waals surface area contributed by atoms with Crippen LogP contribution in [0.2, 0.25) is 4.34 Å². The van der Waals surface area contributed by atoms with Crippen LogP contribution in [0, 0.1) is 11.3 Å². The zero-order valence-corrected chi connectivity index (χ0v) is 9.03. The van der Waals surface area contributed by atoms with Crippen LogP contribution in [0.3, 0.4) is 0 Å². The monoisotopic (exact) mass is 214 g/mol. The highest BCUT2D eigenvalue weighted by atomic mass is 35.5. The predicted molar refractivity (Wildman–Crippen MR) is 56.1 cm³/mol. The number of rotatable bonds is 4. The van der Waals surface area contributed by atoms with E-state index in [1.54, 1.807) is 11.3 Å². The third kappa shape index (κ3) is 3.77. The summed E-state index contributed by atoms with van der Waals surface area (Å²) in [5.41, 5.74) is 0. The van der Waals surface area contributed by atoms with Crippen LogP contribution in [0.4, 0.5) is 0 Å². The molecule has 0 aliphatic rings. The van der Waals surface area contributed by atoms with Crippen LogP contribution in [0.1, 0.15) is 4.88 Å². The summed E-state index contributed by atoms with van der Waals surface area (Å²) in [4.78, 5) is 3.27. The maximum absolute atomic E-state index is 8.43. The minimum Gasteiger partial charge on any atom is -0.293 e. The van der Waals surface area contributed by atoms with Crippen molar-refractivity contribution in [1.29, 1.82) is 5.26 Å². The Balaban J connectivity index is 2.31. The molecule has 1 aromatic heterocycles. The average molecular weight is 215 g/mol. The van der Waals surface area contributed by atoms with Crippen LogP contribution in [-0.2, 0) is 6.42 Å². The molecule has 0 bridgehead atoms. The van der Waals surface area contributed by atoms with Crippen LogP contribution in [0.5, 0.6) is 0 Å². The van der Waals surface area contributed by atoms with E-state index in [0.717, 1.165) is 17.3 Å². The summed E-state index contributed by atoms with van der Waals surface area (Å²) in [6.45, 7) is 1.39. The van der Waals surface area contributed by atoms with E-state index in [1.165, 1.54) is 4.88 Å². The molecular formula is C9H11ClN2S. The topological polar surface area (TPSA) is 27.0 Å². The molecule has 0 amide bonds. The molecule has 0 aliphatic carbocycles. The molecule has 0 aromatic carbocycles. The molecular weight excluding hydrogens is 204 g/mol. The van der Waals surface area contributed by atoms with E-state index in [-0.39, 0.29) is 0 Å². The molecule has 0 saturated carbocycles. The molecule has 0 atom stereocenters. The van der Waals surface area contributed by atoms with Crippen LogP contribution in [0.25, 0.3) is 0 Å². The molecule has 0 N–H and O–H groups in total. The minimum absolute atomic E-state index is 0.485. The van der Waals surface area contributed by atoms with Crippen molar-refractivity contribution in [3.63, 3.8) is 0 Å². The molecule has 1 aromatic rings. The van der Waals surface area contributed by atoms with Gasteiger partial charge in [0, 0.05) is 11.4 Å². The van der Waals surface area contributed by atoms with Crippen LogP contribution < -0.4 is 0 Å². The summed E-state index contributed by atoms with van der Waals surface area (Å²) in [5.74, 6) is 0. The Morgan fingerprint density at radius 1 is 1.62 bits per heavy atom. The first kappa shape index (κ1) is 10.5. The van der Waals surface area contributed by atoms with Gasteiger partial charge in [-0.2, -0.15) is 5.26 Å². The molecule has 1 rings (SSSR count). The Morgan fingerprint density at radius 3 is 2.92 bits per heavy atom. The summed E-state index contributed by atoms with van der Waals surface area (Å²) in [7, 11) is 1.94. The van der Waals surface area contributed by atoms with E-state index in [0.29, 0.717) is 6.54 Å². The SMILES string of the molecule is CN(CC#N)CCc1ccc(Cl)s1. The van der Waals surface area contributed by atoms with Crippen LogP contribution in [0.15, 0.2) is 12.1 Å². The van der Waals surface area contributed by atoms with Gasteiger partial charge in [-0.25, -0.2) is 0 Å². The minimum atomic E-state index is 0.485. The summed E-state index contributed by atoms with van der Waals surface area (Å²) in [6, 6.07) is 6.06. The highest BCUT2D eigenvalue weighted by molar-refractivity contribution is 7.16. The molecule has 0 unspecified atom stereocenters. The largest absolute Gasteiger partial charge is 0.293 e. The fourth-order valence-corrected chi connectivity index (χ4v) is 2.06. The highest BCUT2D eigenvalue weighted by Gasteiger charge is 2.00. The molecule has 1 heterocycles.